The SMILES string of the molecule is Oc1cc2c(cc1C1CNc3cccc(Cl)c31)OCO2. The van der Waals surface area contributed by atoms with Crippen molar-refractivity contribution in [3.63, 3.8) is 0 Å². The Kier molecular flexibility index (Phi) is 2.47. The summed E-state index contributed by atoms with van der Waals surface area (Å²) >= 11 is 6.31. The molecule has 1 unspecified atom stereocenters. The predicted molar refractivity (Wildman–Crippen MR) is 76.0 cm³/mol. The number of nitrogens with one attached hydrogen (secondary N) is 1. The lowest BCUT2D eigenvalue weighted by Gasteiger charge is -2.14. The fraction of sp³-hybridized carbons (Fsp3) is 0.200. The fourth-order valence-electron chi connectivity index (χ4n) is 2.85. The van der Waals surface area contributed by atoms with Gasteiger partial charge in [0.15, 0.2) is 11.5 Å². The van der Waals surface area contributed by atoms with Gasteiger partial charge in [-0.2, -0.15) is 0 Å². The van der Waals surface area contributed by atoms with E-state index < -0.39 is 0 Å². The van der Waals surface area contributed by atoms with E-state index in [1.165, 1.54) is 0 Å². The first-order valence-electron chi connectivity index (χ1n) is 6.39. The monoisotopic (exact) mass is 289 g/mol. The molecular formula is C15H12ClNO3. The minimum Gasteiger partial charge on any atom is -0.508 e. The van der Waals surface area contributed by atoms with Crippen molar-refractivity contribution >= 4 is 17.3 Å². The molecule has 2 aromatic rings. The number of aromatic hydroxyl groups is 1. The molecule has 4 nitrogen and oxygen atoms in total. The Balaban J connectivity index is 1.85. The molecule has 2 N–H and O–H groups in total. The number of anilines is 1. The highest BCUT2D eigenvalue weighted by Crippen LogP contribution is 2.47. The minimum atomic E-state index is 0.00759. The Hall–Kier alpha value is -2.07. The maximum absolute atomic E-state index is 10.2. The highest BCUT2D eigenvalue weighted by Gasteiger charge is 2.30. The summed E-state index contributed by atoms with van der Waals surface area (Å²) in [5, 5.41) is 14.3. The van der Waals surface area contributed by atoms with Crippen LogP contribution < -0.4 is 14.8 Å². The van der Waals surface area contributed by atoms with Gasteiger partial charge < -0.3 is 19.9 Å². The Morgan fingerprint density at radius 3 is 2.85 bits per heavy atom. The number of fused-ring (bicyclic) bond motifs is 2. The molecule has 2 aliphatic heterocycles. The molecule has 2 heterocycles. The van der Waals surface area contributed by atoms with Gasteiger partial charge in [-0.25, -0.2) is 0 Å². The maximum atomic E-state index is 10.2. The maximum Gasteiger partial charge on any atom is 0.231 e. The molecule has 4 rings (SSSR count). The quantitative estimate of drug-likeness (QED) is 0.845. The van der Waals surface area contributed by atoms with Gasteiger partial charge >= 0.3 is 0 Å². The number of benzene rings is 2. The zero-order valence-electron chi connectivity index (χ0n) is 10.5. The molecule has 0 fully saturated rings. The molecule has 0 amide bonds. The molecule has 102 valence electrons. The van der Waals surface area contributed by atoms with Crippen LogP contribution in [0.15, 0.2) is 30.3 Å². The number of rotatable bonds is 1. The highest BCUT2D eigenvalue weighted by molar-refractivity contribution is 6.32. The van der Waals surface area contributed by atoms with Crippen LogP contribution >= 0.6 is 11.6 Å². The van der Waals surface area contributed by atoms with Crippen LogP contribution in [0.25, 0.3) is 0 Å². The van der Waals surface area contributed by atoms with Crippen molar-refractivity contribution in [1.82, 2.24) is 0 Å². The van der Waals surface area contributed by atoms with Crippen LogP contribution in [0.3, 0.4) is 0 Å². The van der Waals surface area contributed by atoms with Crippen LogP contribution in [-0.4, -0.2) is 18.4 Å². The number of hydrogen-bond acceptors (Lipinski definition) is 4. The average Bonchev–Trinajstić information content (AvgIpc) is 3.04. The van der Waals surface area contributed by atoms with Crippen molar-refractivity contribution in [2.24, 2.45) is 0 Å². The average molecular weight is 290 g/mol. The van der Waals surface area contributed by atoms with Gasteiger partial charge in [-0.15, -0.1) is 0 Å². The van der Waals surface area contributed by atoms with E-state index in [2.05, 4.69) is 5.32 Å². The third kappa shape index (κ3) is 1.61. The molecule has 0 radical (unpaired) electrons. The van der Waals surface area contributed by atoms with Crippen molar-refractivity contribution in [1.29, 1.82) is 0 Å². The molecule has 0 saturated heterocycles. The van der Waals surface area contributed by atoms with Gasteiger partial charge in [-0.05, 0) is 18.2 Å². The molecule has 2 aliphatic rings. The van der Waals surface area contributed by atoms with E-state index >= 15 is 0 Å². The summed E-state index contributed by atoms with van der Waals surface area (Å²) in [6, 6.07) is 9.21. The summed E-state index contributed by atoms with van der Waals surface area (Å²) in [5.74, 6) is 1.46. The van der Waals surface area contributed by atoms with Crippen molar-refractivity contribution in [2.75, 3.05) is 18.7 Å². The summed E-state index contributed by atoms with van der Waals surface area (Å²) in [6.07, 6.45) is 0. The second kappa shape index (κ2) is 4.21. The zero-order valence-corrected chi connectivity index (χ0v) is 11.3. The third-order valence-electron chi connectivity index (χ3n) is 3.80. The van der Waals surface area contributed by atoms with Crippen molar-refractivity contribution in [2.45, 2.75) is 5.92 Å². The Morgan fingerprint density at radius 1 is 1.20 bits per heavy atom. The van der Waals surface area contributed by atoms with E-state index in [0.29, 0.717) is 23.1 Å². The second-order valence-corrected chi connectivity index (χ2v) is 5.31. The first-order valence-corrected chi connectivity index (χ1v) is 6.76. The van der Waals surface area contributed by atoms with Gasteiger partial charge in [0.25, 0.3) is 0 Å². The lowest BCUT2D eigenvalue weighted by atomic mass is 9.92. The largest absolute Gasteiger partial charge is 0.508 e. The Bertz CT molecular complexity index is 702. The lowest BCUT2D eigenvalue weighted by Crippen LogP contribution is -2.04. The third-order valence-corrected chi connectivity index (χ3v) is 4.12. The molecule has 2 aromatic carbocycles. The molecular weight excluding hydrogens is 278 g/mol. The van der Waals surface area contributed by atoms with Crippen LogP contribution in [-0.2, 0) is 0 Å². The van der Waals surface area contributed by atoms with E-state index in [-0.39, 0.29) is 18.5 Å². The molecule has 20 heavy (non-hydrogen) atoms. The Morgan fingerprint density at radius 2 is 2.00 bits per heavy atom. The van der Waals surface area contributed by atoms with Gasteiger partial charge in [0.1, 0.15) is 5.75 Å². The molecule has 0 aliphatic carbocycles. The lowest BCUT2D eigenvalue weighted by molar-refractivity contribution is 0.174. The van der Waals surface area contributed by atoms with Gasteiger partial charge in [-0.3, -0.25) is 0 Å². The van der Waals surface area contributed by atoms with Gasteiger partial charge in [0.2, 0.25) is 6.79 Å². The zero-order chi connectivity index (χ0) is 13.7. The molecule has 0 saturated carbocycles. The van der Waals surface area contributed by atoms with E-state index in [0.717, 1.165) is 16.8 Å². The fourth-order valence-corrected chi connectivity index (χ4v) is 3.16. The molecule has 0 bridgehead atoms. The number of phenolic OH excluding ortho intramolecular Hbond substituents is 1. The van der Waals surface area contributed by atoms with Gasteiger partial charge in [0, 0.05) is 40.4 Å². The van der Waals surface area contributed by atoms with Crippen LogP contribution in [0, 0.1) is 0 Å². The molecule has 1 atom stereocenters. The predicted octanol–water partition coefficient (Wildman–Crippen LogP) is 3.33. The summed E-state index contributed by atoms with van der Waals surface area (Å²) in [7, 11) is 0. The van der Waals surface area contributed by atoms with E-state index in [1.54, 1.807) is 6.07 Å². The second-order valence-electron chi connectivity index (χ2n) is 4.90. The first kappa shape index (κ1) is 11.7. The van der Waals surface area contributed by atoms with Crippen LogP contribution in [0.5, 0.6) is 17.2 Å². The molecule has 5 heteroatoms. The number of hydrogen-bond donors (Lipinski definition) is 2. The van der Waals surface area contributed by atoms with E-state index in [4.69, 9.17) is 21.1 Å². The van der Waals surface area contributed by atoms with E-state index in [9.17, 15) is 5.11 Å². The van der Waals surface area contributed by atoms with Crippen LogP contribution in [0.2, 0.25) is 5.02 Å². The summed E-state index contributed by atoms with van der Waals surface area (Å²) in [5.41, 5.74) is 2.83. The number of ether oxygens (including phenoxy) is 2. The van der Waals surface area contributed by atoms with Gasteiger partial charge in [0.05, 0.1) is 0 Å². The smallest absolute Gasteiger partial charge is 0.231 e. The normalized spacial score (nSPS) is 18.8. The number of halogens is 1. The summed E-state index contributed by atoms with van der Waals surface area (Å²) < 4.78 is 10.7. The van der Waals surface area contributed by atoms with Crippen molar-refractivity contribution in [3.05, 3.63) is 46.5 Å². The van der Waals surface area contributed by atoms with Crippen LogP contribution in [0.4, 0.5) is 5.69 Å². The van der Waals surface area contributed by atoms with Gasteiger partial charge in [-0.1, -0.05) is 17.7 Å². The van der Waals surface area contributed by atoms with Crippen LogP contribution in [0.1, 0.15) is 17.0 Å². The topological polar surface area (TPSA) is 50.7 Å². The summed E-state index contributed by atoms with van der Waals surface area (Å²) in [4.78, 5) is 0. The Labute approximate surface area is 120 Å². The minimum absolute atomic E-state index is 0.00759. The molecule has 0 spiro atoms. The standard InChI is InChI=1S/C15H12ClNO3/c16-10-2-1-3-11-15(10)9(6-17-11)8-4-13-14(5-12(8)18)20-7-19-13/h1-5,9,17-18H,6-7H2. The summed E-state index contributed by atoms with van der Waals surface area (Å²) in [6.45, 7) is 0.894. The number of phenols is 1. The van der Waals surface area contributed by atoms with E-state index in [1.807, 2.05) is 24.3 Å². The molecule has 0 aromatic heterocycles. The highest BCUT2D eigenvalue weighted by atomic mass is 35.5. The van der Waals surface area contributed by atoms with Crippen molar-refractivity contribution in [3.8, 4) is 17.2 Å². The van der Waals surface area contributed by atoms with Crippen molar-refractivity contribution < 1.29 is 14.6 Å². The first-order chi connectivity index (χ1) is 9.74.